The van der Waals surface area contributed by atoms with Crippen LogP contribution in [0.2, 0.25) is 0 Å². The van der Waals surface area contributed by atoms with Crippen molar-refractivity contribution >= 4 is 39.9 Å². The van der Waals surface area contributed by atoms with Gasteiger partial charge in [0.1, 0.15) is 0 Å². The third kappa shape index (κ3) is 3.49. The Balaban J connectivity index is 1.66. The fraction of sp³-hybridized carbons (Fsp3) is 0.261. The van der Waals surface area contributed by atoms with Crippen molar-refractivity contribution < 1.29 is 4.79 Å². The standard InChI is InChI=1S/C23H24N4OS/c1-13-7-6-8-19(16(13)4)24-20(28)12-29-23-26-25-22-15(3)11-18-10-9-14(2)17(5)21(18)27(22)23/h6-11H,12H2,1-5H3,(H,24,28). The summed E-state index contributed by atoms with van der Waals surface area (Å²) in [5, 5.41) is 13.7. The van der Waals surface area contributed by atoms with E-state index in [0.29, 0.717) is 0 Å². The first-order valence-electron chi connectivity index (χ1n) is 9.60. The Kier molecular flexibility index (Phi) is 5.04. The molecule has 0 radical (unpaired) electrons. The SMILES string of the molecule is Cc1cccc(NC(=O)CSc2nnc3c(C)cc4ccc(C)c(C)c4n23)c1C. The van der Waals surface area contributed by atoms with Gasteiger partial charge in [-0.05, 0) is 80.0 Å². The van der Waals surface area contributed by atoms with Crippen LogP contribution in [-0.2, 0) is 4.79 Å². The summed E-state index contributed by atoms with van der Waals surface area (Å²) in [6.07, 6.45) is 0. The van der Waals surface area contributed by atoms with E-state index < -0.39 is 0 Å². The van der Waals surface area contributed by atoms with Crippen molar-refractivity contribution in [1.29, 1.82) is 0 Å². The number of pyridine rings is 1. The molecule has 0 fully saturated rings. The molecule has 0 unspecified atom stereocenters. The average molecular weight is 405 g/mol. The smallest absolute Gasteiger partial charge is 0.234 e. The van der Waals surface area contributed by atoms with E-state index in [0.717, 1.165) is 44.1 Å². The number of carbonyl (C=O) groups is 1. The Morgan fingerprint density at radius 3 is 2.52 bits per heavy atom. The van der Waals surface area contributed by atoms with Gasteiger partial charge in [0, 0.05) is 5.69 Å². The zero-order chi connectivity index (χ0) is 20.7. The summed E-state index contributed by atoms with van der Waals surface area (Å²) in [5.41, 5.74) is 8.54. The van der Waals surface area contributed by atoms with Gasteiger partial charge in [0.2, 0.25) is 5.91 Å². The minimum absolute atomic E-state index is 0.0506. The van der Waals surface area contributed by atoms with Gasteiger partial charge >= 0.3 is 0 Å². The highest BCUT2D eigenvalue weighted by Gasteiger charge is 2.16. The Morgan fingerprint density at radius 1 is 0.966 bits per heavy atom. The van der Waals surface area contributed by atoms with Crippen molar-refractivity contribution in [2.45, 2.75) is 39.8 Å². The number of amides is 1. The molecule has 1 amide bonds. The number of nitrogens with zero attached hydrogens (tertiary/aromatic N) is 3. The van der Waals surface area contributed by atoms with E-state index in [9.17, 15) is 4.79 Å². The van der Waals surface area contributed by atoms with Crippen LogP contribution in [-0.4, -0.2) is 26.3 Å². The molecule has 0 atom stereocenters. The number of aromatic nitrogens is 3. The molecule has 2 aromatic heterocycles. The van der Waals surface area contributed by atoms with E-state index in [1.807, 2.05) is 39.0 Å². The maximum atomic E-state index is 12.6. The highest BCUT2D eigenvalue weighted by molar-refractivity contribution is 7.99. The molecule has 1 N–H and O–H groups in total. The Hall–Kier alpha value is -2.86. The molecule has 0 aliphatic carbocycles. The van der Waals surface area contributed by atoms with Gasteiger partial charge in [0.15, 0.2) is 10.8 Å². The number of aryl methyl sites for hydroxylation is 4. The predicted molar refractivity (Wildman–Crippen MR) is 120 cm³/mol. The van der Waals surface area contributed by atoms with Crippen molar-refractivity contribution in [3.05, 3.63) is 64.2 Å². The molecule has 29 heavy (non-hydrogen) atoms. The maximum Gasteiger partial charge on any atom is 0.234 e. The number of carbonyl (C=O) groups excluding carboxylic acids is 1. The molecule has 4 aromatic rings. The zero-order valence-corrected chi connectivity index (χ0v) is 18.1. The van der Waals surface area contributed by atoms with E-state index >= 15 is 0 Å². The van der Waals surface area contributed by atoms with Crippen LogP contribution in [0.25, 0.3) is 16.6 Å². The first kappa shape index (κ1) is 19.5. The summed E-state index contributed by atoms with van der Waals surface area (Å²) in [6.45, 7) is 10.3. The second-order valence-corrected chi connectivity index (χ2v) is 8.44. The molecule has 2 heterocycles. The van der Waals surface area contributed by atoms with Gasteiger partial charge in [-0.25, -0.2) is 0 Å². The number of rotatable bonds is 4. The first-order chi connectivity index (χ1) is 13.9. The van der Waals surface area contributed by atoms with Gasteiger partial charge < -0.3 is 5.32 Å². The summed E-state index contributed by atoms with van der Waals surface area (Å²) in [7, 11) is 0. The number of anilines is 1. The largest absolute Gasteiger partial charge is 0.325 e. The molecule has 0 saturated carbocycles. The Morgan fingerprint density at radius 2 is 1.72 bits per heavy atom. The summed E-state index contributed by atoms with van der Waals surface area (Å²) in [6, 6.07) is 12.3. The maximum absolute atomic E-state index is 12.6. The van der Waals surface area contributed by atoms with E-state index in [4.69, 9.17) is 0 Å². The number of thioether (sulfide) groups is 1. The number of benzene rings is 2. The van der Waals surface area contributed by atoms with Gasteiger partial charge in [0.25, 0.3) is 0 Å². The highest BCUT2D eigenvalue weighted by Crippen LogP contribution is 2.29. The van der Waals surface area contributed by atoms with E-state index in [1.54, 1.807) is 0 Å². The van der Waals surface area contributed by atoms with Crippen molar-refractivity contribution in [2.24, 2.45) is 0 Å². The van der Waals surface area contributed by atoms with Crippen LogP contribution in [0, 0.1) is 34.6 Å². The van der Waals surface area contributed by atoms with E-state index in [2.05, 4.69) is 52.0 Å². The average Bonchev–Trinajstić information content (AvgIpc) is 3.11. The van der Waals surface area contributed by atoms with Crippen LogP contribution >= 0.6 is 11.8 Å². The Labute approximate surface area is 174 Å². The lowest BCUT2D eigenvalue weighted by Gasteiger charge is -2.12. The molecule has 0 bridgehead atoms. The molecular weight excluding hydrogens is 380 g/mol. The first-order valence-corrected chi connectivity index (χ1v) is 10.6. The molecule has 0 spiro atoms. The summed E-state index contributed by atoms with van der Waals surface area (Å²) < 4.78 is 2.09. The van der Waals surface area contributed by atoms with E-state index in [1.165, 1.54) is 22.9 Å². The van der Waals surface area contributed by atoms with Gasteiger partial charge in [-0.15, -0.1) is 10.2 Å². The van der Waals surface area contributed by atoms with Crippen molar-refractivity contribution in [2.75, 3.05) is 11.1 Å². The molecule has 4 rings (SSSR count). The second kappa shape index (κ2) is 7.52. The topological polar surface area (TPSA) is 59.3 Å². The van der Waals surface area contributed by atoms with Gasteiger partial charge in [0.05, 0.1) is 11.3 Å². The molecule has 5 nitrogen and oxygen atoms in total. The lowest BCUT2D eigenvalue weighted by Crippen LogP contribution is -2.15. The van der Waals surface area contributed by atoms with Crippen molar-refractivity contribution in [3.63, 3.8) is 0 Å². The summed E-state index contributed by atoms with van der Waals surface area (Å²) in [5.74, 6) is 0.222. The lowest BCUT2D eigenvalue weighted by atomic mass is 10.0. The van der Waals surface area contributed by atoms with Crippen molar-refractivity contribution in [1.82, 2.24) is 14.6 Å². The van der Waals surface area contributed by atoms with Crippen LogP contribution in [0.3, 0.4) is 0 Å². The number of fused-ring (bicyclic) bond motifs is 3. The molecule has 0 aliphatic rings. The predicted octanol–water partition coefficient (Wildman–Crippen LogP) is 5.16. The quantitative estimate of drug-likeness (QED) is 0.478. The van der Waals surface area contributed by atoms with Crippen molar-refractivity contribution in [3.8, 4) is 0 Å². The van der Waals surface area contributed by atoms with Gasteiger partial charge in [-0.2, -0.15) is 0 Å². The minimum Gasteiger partial charge on any atom is -0.325 e. The Bertz CT molecular complexity index is 1260. The van der Waals surface area contributed by atoms with Crippen LogP contribution in [0.1, 0.15) is 27.8 Å². The normalized spacial score (nSPS) is 11.3. The van der Waals surface area contributed by atoms with Crippen LogP contribution in [0.4, 0.5) is 5.69 Å². The van der Waals surface area contributed by atoms with E-state index in [-0.39, 0.29) is 11.7 Å². The number of hydrogen-bond donors (Lipinski definition) is 1. The molecule has 6 heteroatoms. The zero-order valence-electron chi connectivity index (χ0n) is 17.3. The van der Waals surface area contributed by atoms with Gasteiger partial charge in [-0.3, -0.25) is 9.20 Å². The molecule has 0 aliphatic heterocycles. The lowest BCUT2D eigenvalue weighted by molar-refractivity contribution is -0.113. The fourth-order valence-corrected chi connectivity index (χ4v) is 4.29. The molecule has 148 valence electrons. The monoisotopic (exact) mass is 404 g/mol. The summed E-state index contributed by atoms with van der Waals surface area (Å²) in [4.78, 5) is 12.6. The number of nitrogens with one attached hydrogen (secondary N) is 1. The minimum atomic E-state index is -0.0506. The third-order valence-corrected chi connectivity index (χ3v) is 6.45. The summed E-state index contributed by atoms with van der Waals surface area (Å²) >= 11 is 1.41. The fourth-order valence-electron chi connectivity index (χ4n) is 3.56. The molecule has 0 saturated heterocycles. The molecule has 2 aromatic carbocycles. The van der Waals surface area contributed by atoms with Crippen LogP contribution in [0.15, 0.2) is 41.6 Å². The second-order valence-electron chi connectivity index (χ2n) is 7.50. The number of hydrogen-bond acceptors (Lipinski definition) is 4. The molecular formula is C23H24N4OS. The van der Waals surface area contributed by atoms with Gasteiger partial charge in [-0.1, -0.05) is 36.0 Å². The highest BCUT2D eigenvalue weighted by atomic mass is 32.2. The van der Waals surface area contributed by atoms with Crippen LogP contribution < -0.4 is 5.32 Å². The third-order valence-electron chi connectivity index (χ3n) is 5.53. The van der Waals surface area contributed by atoms with Crippen LogP contribution in [0.5, 0.6) is 0 Å².